The highest BCUT2D eigenvalue weighted by Gasteiger charge is 2.35. The van der Waals surface area contributed by atoms with Gasteiger partial charge in [0.15, 0.2) is 0 Å². The molecule has 0 bridgehead atoms. The molecule has 0 aromatic carbocycles. The lowest BCUT2D eigenvalue weighted by atomic mass is 10.0. The number of rotatable bonds is 3. The van der Waals surface area contributed by atoms with E-state index in [-0.39, 0.29) is 11.8 Å². The van der Waals surface area contributed by atoms with Gasteiger partial charge in [-0.05, 0) is 44.9 Å². The summed E-state index contributed by atoms with van der Waals surface area (Å²) in [5.74, 6) is -0.381. The summed E-state index contributed by atoms with van der Waals surface area (Å²) < 4.78 is 0. The minimum Gasteiger partial charge on any atom is -0.346 e. The number of fused-ring (bicyclic) bond motifs is 1. The molecule has 6 heteroatoms. The van der Waals surface area contributed by atoms with Crippen molar-refractivity contribution in [2.75, 3.05) is 13.1 Å². The number of nitrogens with zero attached hydrogens (tertiary/aromatic N) is 2. The lowest BCUT2D eigenvalue weighted by Crippen LogP contribution is -2.55. The van der Waals surface area contributed by atoms with Gasteiger partial charge < -0.3 is 15.2 Å². The molecule has 116 valence electrons. The molecule has 1 fully saturated rings. The third kappa shape index (κ3) is 2.68. The topological polar surface area (TPSA) is 78.1 Å². The smallest absolute Gasteiger partial charge is 0.270 e. The number of carbonyl (C=O) groups is 2. The summed E-state index contributed by atoms with van der Waals surface area (Å²) in [6.07, 6.45) is 3.84. The predicted octanol–water partition coefficient (Wildman–Crippen LogP) is 1.69. The van der Waals surface area contributed by atoms with Crippen molar-refractivity contribution in [2.24, 2.45) is 0 Å². The Kier molecular flexibility index (Phi) is 3.60. The highest BCUT2D eigenvalue weighted by atomic mass is 16.2. The first-order chi connectivity index (χ1) is 10.5. The second-order valence-electron chi connectivity index (χ2n) is 6.19. The van der Waals surface area contributed by atoms with Gasteiger partial charge in [0.25, 0.3) is 5.91 Å². The summed E-state index contributed by atoms with van der Waals surface area (Å²) in [7, 11) is 0. The normalized spacial score (nSPS) is 15.3. The van der Waals surface area contributed by atoms with Gasteiger partial charge in [-0.2, -0.15) is 0 Å². The Morgan fingerprint density at radius 3 is 2.68 bits per heavy atom. The maximum Gasteiger partial charge on any atom is 0.270 e. The molecule has 6 nitrogen and oxygen atoms in total. The van der Waals surface area contributed by atoms with Crippen molar-refractivity contribution < 1.29 is 9.59 Å². The van der Waals surface area contributed by atoms with Gasteiger partial charge in [0.1, 0.15) is 16.9 Å². The van der Waals surface area contributed by atoms with Crippen molar-refractivity contribution in [3.8, 4) is 0 Å². The first kappa shape index (κ1) is 14.6. The molecule has 1 aliphatic rings. The quantitative estimate of drug-likeness (QED) is 0.905. The summed E-state index contributed by atoms with van der Waals surface area (Å²) in [5.41, 5.74) is 0.0296. The van der Waals surface area contributed by atoms with Gasteiger partial charge in [0.05, 0.1) is 0 Å². The number of hydrogen-bond acceptors (Lipinski definition) is 3. The molecule has 2 N–H and O–H groups in total. The average molecular weight is 300 g/mol. The Morgan fingerprint density at radius 2 is 1.95 bits per heavy atom. The fourth-order valence-electron chi connectivity index (χ4n) is 2.77. The highest BCUT2D eigenvalue weighted by molar-refractivity contribution is 5.98. The van der Waals surface area contributed by atoms with Crippen LogP contribution in [0.5, 0.6) is 0 Å². The lowest BCUT2D eigenvalue weighted by molar-refractivity contribution is -0.135. The molecule has 0 aliphatic carbocycles. The molecule has 3 heterocycles. The molecule has 0 unspecified atom stereocenters. The van der Waals surface area contributed by atoms with Crippen LogP contribution < -0.4 is 5.32 Å². The van der Waals surface area contributed by atoms with Gasteiger partial charge in [0, 0.05) is 24.7 Å². The lowest BCUT2D eigenvalue weighted by Gasteiger charge is -2.29. The Bertz CT molecular complexity index is 714. The first-order valence-electron chi connectivity index (χ1n) is 7.53. The number of nitrogens with one attached hydrogen (secondary N) is 2. The Balaban J connectivity index is 1.75. The number of aromatic amines is 1. The second-order valence-corrected chi connectivity index (χ2v) is 6.19. The Morgan fingerprint density at radius 1 is 1.23 bits per heavy atom. The third-order valence-corrected chi connectivity index (χ3v) is 4.00. The number of H-pyrrole nitrogens is 1. The van der Waals surface area contributed by atoms with E-state index in [0.717, 1.165) is 31.3 Å². The van der Waals surface area contributed by atoms with E-state index in [1.165, 1.54) is 0 Å². The van der Waals surface area contributed by atoms with E-state index in [0.29, 0.717) is 11.3 Å². The highest BCUT2D eigenvalue weighted by Crippen LogP contribution is 2.16. The van der Waals surface area contributed by atoms with Crippen LogP contribution in [0.3, 0.4) is 0 Å². The average Bonchev–Trinajstić information content (AvgIpc) is 3.16. The van der Waals surface area contributed by atoms with Crippen LogP contribution >= 0.6 is 0 Å². The third-order valence-electron chi connectivity index (χ3n) is 4.00. The van der Waals surface area contributed by atoms with Crippen LogP contribution in [0.25, 0.3) is 11.0 Å². The standard InChI is InChI=1S/C16H20N4O2/c1-16(2,15(22)20-9-3-4-10-20)19-14(21)12-6-5-11-7-8-17-13(11)18-12/h5-8H,3-4,9-10H2,1-2H3,(H,17,18)(H,19,21). The number of carbonyl (C=O) groups excluding carboxylic acids is 2. The minimum atomic E-state index is -0.937. The number of pyridine rings is 1. The predicted molar refractivity (Wildman–Crippen MR) is 83.5 cm³/mol. The monoisotopic (exact) mass is 300 g/mol. The second kappa shape index (κ2) is 5.44. The molecule has 3 rings (SSSR count). The molecule has 2 aromatic rings. The van der Waals surface area contributed by atoms with Crippen LogP contribution in [-0.2, 0) is 4.79 Å². The summed E-state index contributed by atoms with van der Waals surface area (Å²) >= 11 is 0. The molecule has 1 aliphatic heterocycles. The van der Waals surface area contributed by atoms with Crippen LogP contribution in [0.4, 0.5) is 0 Å². The van der Waals surface area contributed by atoms with Gasteiger partial charge in [0.2, 0.25) is 5.91 Å². The van der Waals surface area contributed by atoms with E-state index in [1.54, 1.807) is 26.1 Å². The van der Waals surface area contributed by atoms with E-state index in [1.807, 2.05) is 17.0 Å². The van der Waals surface area contributed by atoms with E-state index in [4.69, 9.17) is 0 Å². The van der Waals surface area contributed by atoms with Crippen LogP contribution in [0.1, 0.15) is 37.2 Å². The van der Waals surface area contributed by atoms with E-state index in [2.05, 4.69) is 15.3 Å². The zero-order chi connectivity index (χ0) is 15.7. The fraction of sp³-hybridized carbons (Fsp3) is 0.438. The number of hydrogen-bond donors (Lipinski definition) is 2. The zero-order valence-corrected chi connectivity index (χ0v) is 12.8. The molecule has 22 heavy (non-hydrogen) atoms. The molecule has 0 spiro atoms. The van der Waals surface area contributed by atoms with Crippen LogP contribution in [-0.4, -0.2) is 45.3 Å². The number of aromatic nitrogens is 2. The van der Waals surface area contributed by atoms with Crippen molar-refractivity contribution in [1.82, 2.24) is 20.2 Å². The SMILES string of the molecule is CC(C)(NC(=O)c1ccc2cc[nH]c2n1)C(=O)N1CCCC1. The molecule has 1 saturated heterocycles. The van der Waals surface area contributed by atoms with Gasteiger partial charge in [-0.3, -0.25) is 9.59 Å². The Hall–Kier alpha value is -2.37. The van der Waals surface area contributed by atoms with E-state index < -0.39 is 5.54 Å². The minimum absolute atomic E-state index is 0.0423. The summed E-state index contributed by atoms with van der Waals surface area (Å²) in [4.78, 5) is 33.9. The van der Waals surface area contributed by atoms with Crippen molar-refractivity contribution in [3.63, 3.8) is 0 Å². The zero-order valence-electron chi connectivity index (χ0n) is 12.8. The maximum atomic E-state index is 12.5. The van der Waals surface area contributed by atoms with Crippen LogP contribution in [0, 0.1) is 0 Å². The summed E-state index contributed by atoms with van der Waals surface area (Å²) in [6.45, 7) is 5.01. The largest absolute Gasteiger partial charge is 0.346 e. The number of amides is 2. The van der Waals surface area contributed by atoms with Gasteiger partial charge in [-0.25, -0.2) is 4.98 Å². The molecule has 2 amide bonds. The molecular formula is C16H20N4O2. The first-order valence-corrected chi connectivity index (χ1v) is 7.53. The molecule has 0 atom stereocenters. The molecule has 2 aromatic heterocycles. The van der Waals surface area contributed by atoms with Crippen LogP contribution in [0.15, 0.2) is 24.4 Å². The molecule has 0 radical (unpaired) electrons. The van der Waals surface area contributed by atoms with E-state index in [9.17, 15) is 9.59 Å². The van der Waals surface area contributed by atoms with E-state index >= 15 is 0 Å². The number of likely N-dealkylation sites (tertiary alicyclic amines) is 1. The maximum absolute atomic E-state index is 12.5. The van der Waals surface area contributed by atoms with Crippen molar-refractivity contribution in [2.45, 2.75) is 32.2 Å². The fourth-order valence-corrected chi connectivity index (χ4v) is 2.77. The van der Waals surface area contributed by atoms with Gasteiger partial charge >= 0.3 is 0 Å². The van der Waals surface area contributed by atoms with Gasteiger partial charge in [-0.15, -0.1) is 0 Å². The molecular weight excluding hydrogens is 280 g/mol. The Labute approximate surface area is 128 Å². The van der Waals surface area contributed by atoms with Crippen LogP contribution in [0.2, 0.25) is 0 Å². The summed E-state index contributed by atoms with van der Waals surface area (Å²) in [6, 6.07) is 5.40. The van der Waals surface area contributed by atoms with Crippen molar-refractivity contribution >= 4 is 22.8 Å². The molecule has 0 saturated carbocycles. The summed E-state index contributed by atoms with van der Waals surface area (Å²) in [5, 5.41) is 3.75. The van der Waals surface area contributed by atoms with Gasteiger partial charge in [-0.1, -0.05) is 0 Å². The van der Waals surface area contributed by atoms with Crippen molar-refractivity contribution in [3.05, 3.63) is 30.1 Å². The van der Waals surface area contributed by atoms with Crippen molar-refractivity contribution in [1.29, 1.82) is 0 Å².